The minimum atomic E-state index is -0.391. The Morgan fingerprint density at radius 2 is 1.96 bits per heavy atom. The van der Waals surface area contributed by atoms with Gasteiger partial charge in [0.25, 0.3) is 5.69 Å². The summed E-state index contributed by atoms with van der Waals surface area (Å²) in [7, 11) is 0. The molecule has 7 nitrogen and oxygen atoms in total. The molecule has 2 aliphatic rings. The average molecular weight is 354 g/mol. The van der Waals surface area contributed by atoms with Crippen LogP contribution in [-0.2, 0) is 17.6 Å². The maximum absolute atomic E-state index is 10.9. The van der Waals surface area contributed by atoms with E-state index in [2.05, 4.69) is 11.8 Å². The molecule has 0 amide bonds. The smallest absolute Gasteiger partial charge is 0.269 e. The molecule has 0 unspecified atom stereocenters. The molecule has 1 fully saturated rings. The fraction of sp³-hybridized carbons (Fsp3) is 0.474. The highest BCUT2D eigenvalue weighted by Gasteiger charge is 2.27. The van der Waals surface area contributed by atoms with E-state index in [-0.39, 0.29) is 11.7 Å². The highest BCUT2D eigenvalue weighted by Crippen LogP contribution is 2.32. The summed E-state index contributed by atoms with van der Waals surface area (Å²) >= 11 is 0. The quantitative estimate of drug-likeness (QED) is 0.622. The lowest BCUT2D eigenvalue weighted by Gasteiger charge is -2.36. The van der Waals surface area contributed by atoms with Crippen molar-refractivity contribution in [2.24, 2.45) is 0 Å². The van der Waals surface area contributed by atoms with Crippen molar-refractivity contribution < 1.29 is 9.66 Å². The molecule has 1 atom stereocenters. The van der Waals surface area contributed by atoms with E-state index < -0.39 is 4.92 Å². The van der Waals surface area contributed by atoms with Crippen molar-refractivity contribution in [2.45, 2.75) is 38.6 Å². The molecule has 0 radical (unpaired) electrons. The first-order valence-electron chi connectivity index (χ1n) is 9.12. The van der Waals surface area contributed by atoms with E-state index in [1.807, 2.05) is 0 Å². The lowest BCUT2D eigenvalue weighted by atomic mass is 9.95. The van der Waals surface area contributed by atoms with Gasteiger partial charge in [-0.05, 0) is 44.7 Å². The second kappa shape index (κ2) is 6.99. The molecule has 1 aliphatic heterocycles. The number of aryl methyl sites for hydroxylation is 1. The van der Waals surface area contributed by atoms with Crippen LogP contribution in [0.25, 0.3) is 11.4 Å². The van der Waals surface area contributed by atoms with Crippen molar-refractivity contribution in [1.29, 1.82) is 0 Å². The van der Waals surface area contributed by atoms with Gasteiger partial charge in [-0.2, -0.15) is 0 Å². The lowest BCUT2D eigenvalue weighted by Crippen LogP contribution is -2.45. The number of aromatic nitrogens is 2. The molecular formula is C19H22N4O3. The van der Waals surface area contributed by atoms with Gasteiger partial charge >= 0.3 is 0 Å². The standard InChI is InChI=1S/C19H22N4O3/c1-13-12-26-11-10-22(13)19-16-4-2-3-5-17(16)20-18(21-19)14-6-8-15(9-7-14)23(24)25/h6-9,13H,2-5,10-12H2,1H3/t13-/m0/s1. The van der Waals surface area contributed by atoms with Crippen LogP contribution < -0.4 is 4.90 Å². The SMILES string of the molecule is C[C@H]1COCCN1c1nc(-c2ccc([N+](=O)[O-])cc2)nc2c1CCCC2. The van der Waals surface area contributed by atoms with Gasteiger partial charge in [0.2, 0.25) is 0 Å². The Morgan fingerprint density at radius 1 is 1.19 bits per heavy atom. The zero-order chi connectivity index (χ0) is 18.1. The number of hydrogen-bond acceptors (Lipinski definition) is 6. The summed E-state index contributed by atoms with van der Waals surface area (Å²) in [5.74, 6) is 1.66. The highest BCUT2D eigenvalue weighted by molar-refractivity contribution is 5.62. The molecule has 0 spiro atoms. The molecule has 0 saturated carbocycles. The van der Waals surface area contributed by atoms with Crippen molar-refractivity contribution >= 4 is 11.5 Å². The first-order valence-corrected chi connectivity index (χ1v) is 9.12. The molecule has 4 rings (SSSR count). The second-order valence-electron chi connectivity index (χ2n) is 6.92. The molecule has 2 heterocycles. The highest BCUT2D eigenvalue weighted by atomic mass is 16.6. The summed E-state index contributed by atoms with van der Waals surface area (Å²) in [5, 5.41) is 10.9. The van der Waals surface area contributed by atoms with E-state index in [9.17, 15) is 10.1 Å². The molecule has 1 aromatic carbocycles. The summed E-state index contributed by atoms with van der Waals surface area (Å²) in [6.07, 6.45) is 4.28. The lowest BCUT2D eigenvalue weighted by molar-refractivity contribution is -0.384. The molecule has 7 heteroatoms. The van der Waals surface area contributed by atoms with Crippen LogP contribution in [0.1, 0.15) is 31.0 Å². The minimum Gasteiger partial charge on any atom is -0.377 e. The van der Waals surface area contributed by atoms with Crippen LogP contribution in [0.5, 0.6) is 0 Å². The Hall–Kier alpha value is -2.54. The van der Waals surface area contributed by atoms with Crippen LogP contribution in [0.3, 0.4) is 0 Å². The number of nitro benzene ring substituents is 1. The Balaban J connectivity index is 1.78. The van der Waals surface area contributed by atoms with Gasteiger partial charge in [0.05, 0.1) is 24.2 Å². The van der Waals surface area contributed by atoms with Crippen LogP contribution in [-0.4, -0.2) is 40.7 Å². The topological polar surface area (TPSA) is 81.4 Å². The zero-order valence-electron chi connectivity index (χ0n) is 14.9. The van der Waals surface area contributed by atoms with Crippen LogP contribution in [0, 0.1) is 10.1 Å². The third-order valence-corrected chi connectivity index (χ3v) is 5.14. The van der Waals surface area contributed by atoms with Gasteiger partial charge in [-0.25, -0.2) is 9.97 Å². The number of ether oxygens (including phenoxy) is 1. The van der Waals surface area contributed by atoms with Crippen LogP contribution in [0.4, 0.5) is 11.5 Å². The molecule has 1 aliphatic carbocycles. The van der Waals surface area contributed by atoms with Gasteiger partial charge in [0.15, 0.2) is 5.82 Å². The van der Waals surface area contributed by atoms with E-state index in [1.165, 1.54) is 24.1 Å². The van der Waals surface area contributed by atoms with Crippen molar-refractivity contribution in [3.8, 4) is 11.4 Å². The van der Waals surface area contributed by atoms with Gasteiger partial charge in [-0.3, -0.25) is 10.1 Å². The molecule has 0 N–H and O–H groups in total. The van der Waals surface area contributed by atoms with Crippen molar-refractivity contribution in [3.05, 3.63) is 45.6 Å². The molecule has 0 bridgehead atoms. The zero-order valence-corrected chi connectivity index (χ0v) is 14.9. The predicted molar refractivity (Wildman–Crippen MR) is 98.4 cm³/mol. The van der Waals surface area contributed by atoms with Crippen LogP contribution in [0.15, 0.2) is 24.3 Å². The number of anilines is 1. The summed E-state index contributed by atoms with van der Waals surface area (Å²) in [6, 6.07) is 6.75. The summed E-state index contributed by atoms with van der Waals surface area (Å²) in [4.78, 5) is 22.5. The molecular weight excluding hydrogens is 332 g/mol. The summed E-state index contributed by atoms with van der Waals surface area (Å²) in [6.45, 7) is 4.38. The van der Waals surface area contributed by atoms with Crippen LogP contribution >= 0.6 is 0 Å². The maximum Gasteiger partial charge on any atom is 0.269 e. The third kappa shape index (κ3) is 3.14. The molecule has 26 heavy (non-hydrogen) atoms. The Morgan fingerprint density at radius 3 is 2.69 bits per heavy atom. The molecule has 2 aromatic rings. The summed E-state index contributed by atoms with van der Waals surface area (Å²) in [5.41, 5.74) is 3.27. The fourth-order valence-corrected chi connectivity index (χ4v) is 3.71. The number of hydrogen-bond donors (Lipinski definition) is 0. The largest absolute Gasteiger partial charge is 0.377 e. The second-order valence-corrected chi connectivity index (χ2v) is 6.92. The number of nitrogens with zero attached hydrogens (tertiary/aromatic N) is 4. The van der Waals surface area contributed by atoms with Crippen molar-refractivity contribution in [1.82, 2.24) is 9.97 Å². The predicted octanol–water partition coefficient (Wildman–Crippen LogP) is 3.16. The molecule has 136 valence electrons. The van der Waals surface area contributed by atoms with Gasteiger partial charge < -0.3 is 9.64 Å². The number of benzene rings is 1. The molecule has 1 saturated heterocycles. The third-order valence-electron chi connectivity index (χ3n) is 5.14. The number of fused-ring (bicyclic) bond motifs is 1. The van der Waals surface area contributed by atoms with Crippen LogP contribution in [0.2, 0.25) is 0 Å². The number of nitro groups is 1. The average Bonchev–Trinajstić information content (AvgIpc) is 2.68. The normalized spacial score (nSPS) is 19.9. The van der Waals surface area contributed by atoms with E-state index in [0.717, 1.165) is 42.9 Å². The van der Waals surface area contributed by atoms with Crippen molar-refractivity contribution in [2.75, 3.05) is 24.7 Å². The van der Waals surface area contributed by atoms with E-state index in [1.54, 1.807) is 12.1 Å². The Bertz CT molecular complexity index is 822. The fourth-order valence-electron chi connectivity index (χ4n) is 3.71. The first-order chi connectivity index (χ1) is 12.6. The first kappa shape index (κ1) is 16.9. The van der Waals surface area contributed by atoms with E-state index in [0.29, 0.717) is 19.0 Å². The number of rotatable bonds is 3. The van der Waals surface area contributed by atoms with Crippen molar-refractivity contribution in [3.63, 3.8) is 0 Å². The Kier molecular flexibility index (Phi) is 4.55. The maximum atomic E-state index is 10.9. The van der Waals surface area contributed by atoms with Gasteiger partial charge in [-0.1, -0.05) is 0 Å². The monoisotopic (exact) mass is 354 g/mol. The number of non-ortho nitro benzene ring substituents is 1. The molecule has 1 aromatic heterocycles. The van der Waals surface area contributed by atoms with E-state index in [4.69, 9.17) is 14.7 Å². The summed E-state index contributed by atoms with van der Waals surface area (Å²) < 4.78 is 5.58. The Labute approximate surface area is 152 Å². The van der Waals surface area contributed by atoms with E-state index >= 15 is 0 Å². The van der Waals surface area contributed by atoms with Gasteiger partial charge in [0, 0.05) is 35.5 Å². The van der Waals surface area contributed by atoms with Gasteiger partial charge in [-0.15, -0.1) is 0 Å². The minimum absolute atomic E-state index is 0.0775. The van der Waals surface area contributed by atoms with Gasteiger partial charge in [0.1, 0.15) is 5.82 Å². The number of morpholine rings is 1.